The SMILES string of the molecule is N#Cc1ccc2nc(NCC(O)c3ccc(Cl)cc3)[nH]c2c1. The summed E-state index contributed by atoms with van der Waals surface area (Å²) in [6.07, 6.45) is -0.667. The van der Waals surface area contributed by atoms with Crippen molar-refractivity contribution in [3.63, 3.8) is 0 Å². The first-order chi connectivity index (χ1) is 10.7. The molecule has 2 aromatic carbocycles. The highest BCUT2D eigenvalue weighted by atomic mass is 35.5. The summed E-state index contributed by atoms with van der Waals surface area (Å²) >= 11 is 5.82. The Hall–Kier alpha value is -2.55. The molecule has 0 aliphatic carbocycles. The van der Waals surface area contributed by atoms with Crippen LogP contribution in [0, 0.1) is 11.3 Å². The van der Waals surface area contributed by atoms with Gasteiger partial charge in [0.15, 0.2) is 0 Å². The molecule has 0 aliphatic heterocycles. The number of anilines is 1. The van der Waals surface area contributed by atoms with Gasteiger partial charge in [0, 0.05) is 11.6 Å². The fourth-order valence-electron chi connectivity index (χ4n) is 2.16. The van der Waals surface area contributed by atoms with Gasteiger partial charge in [-0.1, -0.05) is 23.7 Å². The smallest absolute Gasteiger partial charge is 0.201 e. The Morgan fingerprint density at radius 1 is 1.27 bits per heavy atom. The molecule has 0 radical (unpaired) electrons. The number of aromatic nitrogens is 2. The highest BCUT2D eigenvalue weighted by Gasteiger charge is 2.09. The molecule has 3 N–H and O–H groups in total. The zero-order chi connectivity index (χ0) is 15.5. The first-order valence-electron chi connectivity index (χ1n) is 6.73. The summed E-state index contributed by atoms with van der Waals surface area (Å²) in [6, 6.07) is 14.4. The summed E-state index contributed by atoms with van der Waals surface area (Å²) in [5, 5.41) is 22.7. The lowest BCUT2D eigenvalue weighted by atomic mass is 10.1. The minimum Gasteiger partial charge on any atom is -0.387 e. The number of aliphatic hydroxyl groups is 1. The summed E-state index contributed by atoms with van der Waals surface area (Å²) in [6.45, 7) is 0.312. The predicted octanol–water partition coefficient (Wildman–Crippen LogP) is 3.23. The third kappa shape index (κ3) is 3.03. The third-order valence-corrected chi connectivity index (χ3v) is 3.58. The molecule has 110 valence electrons. The van der Waals surface area contributed by atoms with Crippen molar-refractivity contribution >= 4 is 28.6 Å². The number of imidazole rings is 1. The van der Waals surface area contributed by atoms with E-state index < -0.39 is 6.10 Å². The number of hydrogen-bond donors (Lipinski definition) is 3. The molecule has 3 rings (SSSR count). The molecular weight excluding hydrogens is 300 g/mol. The van der Waals surface area contributed by atoms with Crippen molar-refractivity contribution < 1.29 is 5.11 Å². The van der Waals surface area contributed by atoms with Gasteiger partial charge in [-0.2, -0.15) is 5.26 Å². The van der Waals surface area contributed by atoms with Crippen LogP contribution in [0.5, 0.6) is 0 Å². The Balaban J connectivity index is 1.71. The Kier molecular flexibility index (Phi) is 3.96. The van der Waals surface area contributed by atoms with Crippen LogP contribution in [0.4, 0.5) is 5.95 Å². The molecule has 0 aliphatic rings. The summed E-state index contributed by atoms with van der Waals surface area (Å²) in [5.41, 5.74) is 2.90. The van der Waals surface area contributed by atoms with E-state index in [1.165, 1.54) is 0 Å². The Bertz CT molecular complexity index is 835. The monoisotopic (exact) mass is 312 g/mol. The van der Waals surface area contributed by atoms with E-state index in [-0.39, 0.29) is 0 Å². The number of hydrogen-bond acceptors (Lipinski definition) is 4. The average molecular weight is 313 g/mol. The van der Waals surface area contributed by atoms with Crippen LogP contribution in [0.25, 0.3) is 11.0 Å². The van der Waals surface area contributed by atoms with Crippen molar-refractivity contribution in [3.8, 4) is 6.07 Å². The van der Waals surface area contributed by atoms with Gasteiger partial charge in [-0.05, 0) is 35.9 Å². The Morgan fingerprint density at radius 3 is 2.77 bits per heavy atom. The van der Waals surface area contributed by atoms with Crippen molar-refractivity contribution in [2.24, 2.45) is 0 Å². The maximum absolute atomic E-state index is 10.1. The van der Waals surface area contributed by atoms with Crippen LogP contribution < -0.4 is 5.32 Å². The number of fused-ring (bicyclic) bond motifs is 1. The van der Waals surface area contributed by atoms with E-state index in [9.17, 15) is 5.11 Å². The molecule has 1 unspecified atom stereocenters. The van der Waals surface area contributed by atoms with Crippen molar-refractivity contribution in [1.29, 1.82) is 5.26 Å². The average Bonchev–Trinajstić information content (AvgIpc) is 2.95. The molecule has 0 amide bonds. The minimum absolute atomic E-state index is 0.312. The first kappa shape index (κ1) is 14.4. The number of aromatic amines is 1. The maximum atomic E-state index is 10.1. The number of nitrogens with one attached hydrogen (secondary N) is 2. The summed E-state index contributed by atoms with van der Waals surface area (Å²) in [4.78, 5) is 7.44. The largest absolute Gasteiger partial charge is 0.387 e. The topological polar surface area (TPSA) is 84.7 Å². The van der Waals surface area contributed by atoms with E-state index in [0.29, 0.717) is 23.1 Å². The zero-order valence-corrected chi connectivity index (χ0v) is 12.3. The molecule has 22 heavy (non-hydrogen) atoms. The lowest BCUT2D eigenvalue weighted by molar-refractivity contribution is 0.191. The van der Waals surface area contributed by atoms with E-state index in [2.05, 4.69) is 21.4 Å². The Morgan fingerprint density at radius 2 is 2.05 bits per heavy atom. The van der Waals surface area contributed by atoms with Crippen molar-refractivity contribution in [2.75, 3.05) is 11.9 Å². The quantitative estimate of drug-likeness (QED) is 0.690. The van der Waals surface area contributed by atoms with Gasteiger partial charge in [-0.15, -0.1) is 0 Å². The lowest BCUT2D eigenvalue weighted by Crippen LogP contribution is -2.12. The van der Waals surface area contributed by atoms with Crippen molar-refractivity contribution in [3.05, 3.63) is 58.6 Å². The molecule has 3 aromatic rings. The highest BCUT2D eigenvalue weighted by molar-refractivity contribution is 6.30. The van der Waals surface area contributed by atoms with Gasteiger partial charge in [-0.25, -0.2) is 4.98 Å². The van der Waals surface area contributed by atoms with E-state index in [1.54, 1.807) is 42.5 Å². The second kappa shape index (κ2) is 6.06. The van der Waals surface area contributed by atoms with Crippen LogP contribution >= 0.6 is 11.6 Å². The molecule has 1 heterocycles. The fraction of sp³-hybridized carbons (Fsp3) is 0.125. The molecule has 1 aromatic heterocycles. The predicted molar refractivity (Wildman–Crippen MR) is 85.7 cm³/mol. The van der Waals surface area contributed by atoms with Crippen molar-refractivity contribution in [2.45, 2.75) is 6.10 Å². The van der Waals surface area contributed by atoms with Crippen LogP contribution in [-0.2, 0) is 0 Å². The van der Waals surface area contributed by atoms with Gasteiger partial charge in [0.1, 0.15) is 0 Å². The van der Waals surface area contributed by atoms with E-state index in [0.717, 1.165) is 16.6 Å². The number of halogens is 1. The van der Waals surface area contributed by atoms with Crippen LogP contribution in [0.2, 0.25) is 5.02 Å². The first-order valence-corrected chi connectivity index (χ1v) is 7.11. The third-order valence-electron chi connectivity index (χ3n) is 3.33. The fourth-order valence-corrected chi connectivity index (χ4v) is 2.29. The van der Waals surface area contributed by atoms with Gasteiger partial charge in [0.2, 0.25) is 5.95 Å². The molecule has 1 atom stereocenters. The van der Waals surface area contributed by atoms with Crippen LogP contribution in [-0.4, -0.2) is 21.6 Å². The number of aliphatic hydroxyl groups excluding tert-OH is 1. The van der Waals surface area contributed by atoms with E-state index >= 15 is 0 Å². The van der Waals surface area contributed by atoms with Crippen LogP contribution in [0.15, 0.2) is 42.5 Å². The normalized spacial score (nSPS) is 12.0. The number of rotatable bonds is 4. The number of benzene rings is 2. The number of H-pyrrole nitrogens is 1. The van der Waals surface area contributed by atoms with Gasteiger partial charge in [0.25, 0.3) is 0 Å². The maximum Gasteiger partial charge on any atom is 0.201 e. The molecule has 0 spiro atoms. The van der Waals surface area contributed by atoms with E-state index in [4.69, 9.17) is 16.9 Å². The number of nitrogens with zero attached hydrogens (tertiary/aromatic N) is 2. The van der Waals surface area contributed by atoms with Crippen LogP contribution in [0.1, 0.15) is 17.2 Å². The summed E-state index contributed by atoms with van der Waals surface area (Å²) in [7, 11) is 0. The Labute approximate surface area is 132 Å². The molecule has 6 heteroatoms. The molecule has 0 fully saturated rings. The van der Waals surface area contributed by atoms with Gasteiger partial charge in [0.05, 0.1) is 28.8 Å². The minimum atomic E-state index is -0.667. The van der Waals surface area contributed by atoms with Gasteiger partial charge in [-0.3, -0.25) is 0 Å². The number of nitriles is 1. The lowest BCUT2D eigenvalue weighted by Gasteiger charge is -2.11. The molecule has 5 nitrogen and oxygen atoms in total. The molecule has 0 saturated heterocycles. The standard InChI is InChI=1S/C16H13ClN4O/c17-12-4-2-11(3-5-12)15(22)9-19-16-20-13-6-1-10(8-18)7-14(13)21-16/h1-7,15,22H,9H2,(H2,19,20,21). The second-order valence-electron chi connectivity index (χ2n) is 4.88. The zero-order valence-electron chi connectivity index (χ0n) is 11.5. The summed E-state index contributed by atoms with van der Waals surface area (Å²) < 4.78 is 0. The van der Waals surface area contributed by atoms with Gasteiger partial charge >= 0.3 is 0 Å². The second-order valence-corrected chi connectivity index (χ2v) is 5.31. The molecule has 0 bridgehead atoms. The van der Waals surface area contributed by atoms with Gasteiger partial charge < -0.3 is 15.4 Å². The summed E-state index contributed by atoms with van der Waals surface area (Å²) in [5.74, 6) is 0.554. The molecule has 0 saturated carbocycles. The van der Waals surface area contributed by atoms with Crippen LogP contribution in [0.3, 0.4) is 0 Å². The van der Waals surface area contributed by atoms with E-state index in [1.807, 2.05) is 0 Å². The molecular formula is C16H13ClN4O. The van der Waals surface area contributed by atoms with Crippen molar-refractivity contribution in [1.82, 2.24) is 9.97 Å². The highest BCUT2D eigenvalue weighted by Crippen LogP contribution is 2.19.